The number of hydrogen-bond acceptors (Lipinski definition) is 4. The first kappa shape index (κ1) is 16.3. The molecule has 11 heteroatoms. The Morgan fingerprint density at radius 1 is 1.26 bits per heavy atom. The van der Waals surface area contributed by atoms with Crippen LogP contribution < -0.4 is 9.86 Å². The smallest absolute Gasteiger partial charge is 0.278 e. The maximum absolute atomic E-state index is 12.2. The molecule has 0 fully saturated rings. The number of rotatable bonds is 4. The van der Waals surface area contributed by atoms with E-state index in [1.54, 1.807) is 4.72 Å². The number of primary sulfonamides is 1. The maximum atomic E-state index is 12.2. The number of nitrogens with two attached hydrogens (primary N) is 1. The summed E-state index contributed by atoms with van der Waals surface area (Å²) >= 11 is 2.88. The summed E-state index contributed by atoms with van der Waals surface area (Å²) in [7, 11) is -8.82. The first-order valence-electron chi connectivity index (χ1n) is 4.58. The van der Waals surface area contributed by atoms with Crippen molar-refractivity contribution in [3.8, 4) is 0 Å². The average Bonchev–Trinajstić information content (AvgIpc) is 2.20. The van der Waals surface area contributed by atoms with Crippen molar-refractivity contribution in [2.45, 2.75) is 17.6 Å². The predicted molar refractivity (Wildman–Crippen MR) is 68.8 cm³/mol. The van der Waals surface area contributed by atoms with E-state index in [0.717, 1.165) is 12.1 Å². The van der Waals surface area contributed by atoms with Crippen molar-refractivity contribution in [3.05, 3.63) is 22.2 Å². The molecule has 1 rings (SSSR count). The number of alkyl halides is 2. The van der Waals surface area contributed by atoms with Gasteiger partial charge < -0.3 is 0 Å². The van der Waals surface area contributed by atoms with E-state index in [9.17, 15) is 25.6 Å². The van der Waals surface area contributed by atoms with Crippen molar-refractivity contribution in [1.82, 2.24) is 0 Å². The van der Waals surface area contributed by atoms with Gasteiger partial charge >= 0.3 is 5.76 Å². The van der Waals surface area contributed by atoms with E-state index in [1.165, 1.54) is 6.92 Å². The van der Waals surface area contributed by atoms with Gasteiger partial charge in [-0.15, -0.1) is 0 Å². The molecule has 1 aromatic rings. The largest absolute Gasteiger partial charge is 0.355 e. The summed E-state index contributed by atoms with van der Waals surface area (Å²) in [5.74, 6) is -3.60. The SMILES string of the molecule is Cc1cc(NS(=O)(=O)C(F)F)c(Br)cc1S(N)(=O)=O. The normalized spacial score (nSPS) is 12.7. The van der Waals surface area contributed by atoms with Crippen molar-refractivity contribution in [1.29, 1.82) is 0 Å². The second-order valence-electron chi connectivity index (χ2n) is 3.55. The standard InChI is InChI=1S/C8H9BrF2N2O4S2/c1-4-2-6(13-19(16,17)8(10)11)5(9)3-7(4)18(12,14)15/h2-3,8,13H,1H3,(H2,12,14,15). The Balaban J connectivity index is 3.33. The summed E-state index contributed by atoms with van der Waals surface area (Å²) in [6.07, 6.45) is 0. The number of anilines is 1. The summed E-state index contributed by atoms with van der Waals surface area (Å²) in [6, 6.07) is 2.12. The van der Waals surface area contributed by atoms with Gasteiger partial charge in [-0.2, -0.15) is 8.78 Å². The van der Waals surface area contributed by atoms with Crippen LogP contribution in [0.4, 0.5) is 14.5 Å². The zero-order valence-corrected chi connectivity index (χ0v) is 12.6. The molecule has 1 aromatic carbocycles. The first-order valence-corrected chi connectivity index (χ1v) is 8.46. The van der Waals surface area contributed by atoms with Gasteiger partial charge in [-0.3, -0.25) is 4.72 Å². The molecule has 0 bridgehead atoms. The third-order valence-electron chi connectivity index (χ3n) is 2.06. The highest BCUT2D eigenvalue weighted by Gasteiger charge is 2.25. The monoisotopic (exact) mass is 378 g/mol. The van der Waals surface area contributed by atoms with E-state index in [1.807, 2.05) is 0 Å². The van der Waals surface area contributed by atoms with Crippen LogP contribution in [0.5, 0.6) is 0 Å². The molecule has 0 amide bonds. The molecule has 0 aliphatic carbocycles. The summed E-state index contributed by atoms with van der Waals surface area (Å²) in [4.78, 5) is -0.237. The first-order chi connectivity index (χ1) is 8.45. The summed E-state index contributed by atoms with van der Waals surface area (Å²) < 4.78 is 70.5. The lowest BCUT2D eigenvalue weighted by Gasteiger charge is -2.12. The second-order valence-corrected chi connectivity index (χ2v) is 7.58. The predicted octanol–water partition coefficient (Wildman–Crippen LogP) is 1.37. The molecular formula is C8H9BrF2N2O4S2. The van der Waals surface area contributed by atoms with Crippen molar-refractivity contribution in [3.63, 3.8) is 0 Å². The third-order valence-corrected chi connectivity index (χ3v) is 4.74. The fourth-order valence-electron chi connectivity index (χ4n) is 1.25. The molecule has 0 saturated heterocycles. The highest BCUT2D eigenvalue weighted by atomic mass is 79.9. The highest BCUT2D eigenvalue weighted by molar-refractivity contribution is 9.10. The van der Waals surface area contributed by atoms with Gasteiger partial charge in [0.25, 0.3) is 10.0 Å². The second kappa shape index (κ2) is 5.31. The van der Waals surface area contributed by atoms with Crippen LogP contribution in [0.25, 0.3) is 0 Å². The van der Waals surface area contributed by atoms with Gasteiger partial charge in [-0.05, 0) is 40.5 Å². The molecular weight excluding hydrogens is 370 g/mol. The Hall–Kier alpha value is -0.780. The molecule has 0 aromatic heterocycles. The number of hydrogen-bond donors (Lipinski definition) is 2. The van der Waals surface area contributed by atoms with E-state index < -0.39 is 25.8 Å². The maximum Gasteiger partial charge on any atom is 0.355 e. The van der Waals surface area contributed by atoms with Crippen LogP contribution in [-0.2, 0) is 20.0 Å². The lowest BCUT2D eigenvalue weighted by molar-refractivity contribution is 0.236. The van der Waals surface area contributed by atoms with Gasteiger partial charge in [-0.25, -0.2) is 22.0 Å². The number of nitrogens with one attached hydrogen (secondary N) is 1. The topological polar surface area (TPSA) is 106 Å². The molecule has 6 nitrogen and oxygen atoms in total. The molecule has 0 aliphatic rings. The Labute approximate surface area is 117 Å². The molecule has 108 valence electrons. The van der Waals surface area contributed by atoms with Crippen molar-refractivity contribution < 1.29 is 25.6 Å². The van der Waals surface area contributed by atoms with Crippen LogP contribution in [0, 0.1) is 6.92 Å². The lowest BCUT2D eigenvalue weighted by atomic mass is 10.2. The summed E-state index contributed by atoms with van der Waals surface area (Å²) in [5, 5.41) is 4.94. The van der Waals surface area contributed by atoms with Gasteiger partial charge in [0, 0.05) is 4.47 Å². The van der Waals surface area contributed by atoms with Gasteiger partial charge in [0.15, 0.2) is 0 Å². The van der Waals surface area contributed by atoms with Crippen LogP contribution in [0.3, 0.4) is 0 Å². The lowest BCUT2D eigenvalue weighted by Crippen LogP contribution is -2.21. The van der Waals surface area contributed by atoms with Crippen LogP contribution in [0.2, 0.25) is 0 Å². The molecule has 19 heavy (non-hydrogen) atoms. The number of benzene rings is 1. The number of sulfonamides is 2. The Morgan fingerprint density at radius 2 is 1.79 bits per heavy atom. The Morgan fingerprint density at radius 3 is 2.21 bits per heavy atom. The average molecular weight is 379 g/mol. The molecule has 0 radical (unpaired) electrons. The zero-order valence-electron chi connectivity index (χ0n) is 9.39. The van der Waals surface area contributed by atoms with Crippen LogP contribution in [0.1, 0.15) is 5.56 Å². The third kappa shape index (κ3) is 3.84. The molecule has 0 heterocycles. The molecule has 0 spiro atoms. The van der Waals surface area contributed by atoms with Crippen LogP contribution in [0.15, 0.2) is 21.5 Å². The fourth-order valence-corrected chi connectivity index (χ4v) is 3.33. The quantitative estimate of drug-likeness (QED) is 0.824. The van der Waals surface area contributed by atoms with Crippen LogP contribution in [-0.4, -0.2) is 22.6 Å². The van der Waals surface area contributed by atoms with Gasteiger partial charge in [-0.1, -0.05) is 0 Å². The Bertz CT molecular complexity index is 704. The van der Waals surface area contributed by atoms with E-state index in [-0.39, 0.29) is 20.6 Å². The summed E-state index contributed by atoms with van der Waals surface area (Å²) in [6.45, 7) is 1.35. The van der Waals surface area contributed by atoms with E-state index in [0.29, 0.717) is 0 Å². The van der Waals surface area contributed by atoms with Crippen LogP contribution >= 0.6 is 15.9 Å². The number of aryl methyl sites for hydroxylation is 1. The van der Waals surface area contributed by atoms with E-state index in [4.69, 9.17) is 5.14 Å². The molecule has 0 unspecified atom stereocenters. The minimum Gasteiger partial charge on any atom is -0.278 e. The fraction of sp³-hybridized carbons (Fsp3) is 0.250. The van der Waals surface area contributed by atoms with E-state index >= 15 is 0 Å². The minimum absolute atomic E-state index is 0.0219. The van der Waals surface area contributed by atoms with Crippen molar-refractivity contribution >= 4 is 41.7 Å². The Kier molecular flexibility index (Phi) is 4.55. The van der Waals surface area contributed by atoms with Crippen molar-refractivity contribution in [2.24, 2.45) is 5.14 Å². The minimum atomic E-state index is -4.83. The van der Waals surface area contributed by atoms with Gasteiger partial charge in [0.1, 0.15) is 0 Å². The molecule has 0 atom stereocenters. The zero-order chi connectivity index (χ0) is 15.0. The van der Waals surface area contributed by atoms with Gasteiger partial charge in [0.05, 0.1) is 10.6 Å². The number of halogens is 3. The van der Waals surface area contributed by atoms with E-state index in [2.05, 4.69) is 15.9 Å². The molecule has 0 saturated carbocycles. The van der Waals surface area contributed by atoms with Crippen molar-refractivity contribution in [2.75, 3.05) is 4.72 Å². The molecule has 3 N–H and O–H groups in total. The molecule has 0 aliphatic heterocycles. The van der Waals surface area contributed by atoms with Gasteiger partial charge in [0.2, 0.25) is 10.0 Å². The highest BCUT2D eigenvalue weighted by Crippen LogP contribution is 2.29. The summed E-state index contributed by atoms with van der Waals surface area (Å²) in [5.41, 5.74) is -0.0807.